The van der Waals surface area contributed by atoms with Gasteiger partial charge in [-0.25, -0.2) is 17.9 Å². The van der Waals surface area contributed by atoms with Gasteiger partial charge in [0.25, 0.3) is 0 Å². The Morgan fingerprint density at radius 2 is 1.71 bits per heavy atom. The van der Waals surface area contributed by atoms with E-state index in [-0.39, 0.29) is 17.5 Å². The highest BCUT2D eigenvalue weighted by Crippen LogP contribution is 2.19. The monoisotopic (exact) mass is 368 g/mol. The number of benzene rings is 2. The van der Waals surface area contributed by atoms with Crippen LogP contribution in [0.2, 0.25) is 0 Å². The van der Waals surface area contributed by atoms with Crippen LogP contribution in [0.25, 0.3) is 0 Å². The number of amides is 1. The van der Waals surface area contributed by atoms with Crippen LogP contribution in [0.5, 0.6) is 0 Å². The first kappa shape index (κ1) is 18.4. The molecule has 0 spiro atoms. The van der Waals surface area contributed by atoms with Gasteiger partial charge in [0.1, 0.15) is 5.82 Å². The third-order valence-electron chi connectivity index (χ3n) is 3.02. The van der Waals surface area contributed by atoms with Crippen molar-refractivity contribution in [1.82, 2.24) is 0 Å². The van der Waals surface area contributed by atoms with Crippen molar-refractivity contribution in [2.24, 2.45) is 5.14 Å². The molecule has 3 N–H and O–H groups in total. The van der Waals surface area contributed by atoms with E-state index >= 15 is 0 Å². The van der Waals surface area contributed by atoms with Gasteiger partial charge in [-0.2, -0.15) is 0 Å². The molecule has 0 aliphatic heterocycles. The lowest BCUT2D eigenvalue weighted by Crippen LogP contribution is -2.15. The summed E-state index contributed by atoms with van der Waals surface area (Å²) in [7, 11) is -3.57. The van der Waals surface area contributed by atoms with E-state index in [2.05, 4.69) is 5.32 Å². The first-order valence-electron chi connectivity index (χ1n) is 7.09. The smallest absolute Gasteiger partial charge is 0.225 e. The Labute approximate surface area is 144 Å². The molecule has 0 aliphatic carbocycles. The van der Waals surface area contributed by atoms with Crippen LogP contribution in [-0.2, 0) is 20.6 Å². The molecule has 8 heteroatoms. The fourth-order valence-electron chi connectivity index (χ4n) is 1.93. The third kappa shape index (κ3) is 6.69. The molecule has 24 heavy (non-hydrogen) atoms. The SMILES string of the molecule is NS(=O)(=O)Cc1ccc(NC(=O)CCSc2ccc(F)cc2)cc1. The predicted molar refractivity (Wildman–Crippen MR) is 93.6 cm³/mol. The molecule has 0 unspecified atom stereocenters. The molecule has 5 nitrogen and oxygen atoms in total. The van der Waals surface area contributed by atoms with Crippen molar-refractivity contribution in [3.8, 4) is 0 Å². The average Bonchev–Trinajstić information content (AvgIpc) is 2.50. The molecule has 0 saturated heterocycles. The number of sulfonamides is 1. The number of thioether (sulfide) groups is 1. The Balaban J connectivity index is 1.78. The van der Waals surface area contributed by atoms with Crippen molar-refractivity contribution in [1.29, 1.82) is 0 Å². The summed E-state index contributed by atoms with van der Waals surface area (Å²) >= 11 is 1.47. The lowest BCUT2D eigenvalue weighted by Gasteiger charge is -2.06. The van der Waals surface area contributed by atoms with E-state index in [1.807, 2.05) is 0 Å². The van der Waals surface area contributed by atoms with Gasteiger partial charge in [-0.15, -0.1) is 11.8 Å². The van der Waals surface area contributed by atoms with E-state index in [4.69, 9.17) is 5.14 Å². The van der Waals surface area contributed by atoms with Crippen molar-refractivity contribution in [2.75, 3.05) is 11.1 Å². The quantitative estimate of drug-likeness (QED) is 0.736. The fourth-order valence-corrected chi connectivity index (χ4v) is 3.44. The minimum absolute atomic E-state index is 0.149. The number of nitrogens with two attached hydrogens (primary N) is 1. The molecule has 1 amide bonds. The molecule has 0 heterocycles. The second kappa shape index (κ2) is 8.27. The zero-order valence-corrected chi connectivity index (χ0v) is 14.4. The van der Waals surface area contributed by atoms with Crippen molar-refractivity contribution in [3.05, 3.63) is 59.9 Å². The molecule has 2 aromatic carbocycles. The molecule has 0 bridgehead atoms. The number of anilines is 1. The van der Waals surface area contributed by atoms with E-state index in [0.29, 0.717) is 23.4 Å². The van der Waals surface area contributed by atoms with Gasteiger partial charge in [-0.05, 0) is 42.0 Å². The number of hydrogen-bond donors (Lipinski definition) is 2. The number of rotatable bonds is 7. The van der Waals surface area contributed by atoms with Gasteiger partial charge in [0.05, 0.1) is 5.75 Å². The molecule has 0 fully saturated rings. The Morgan fingerprint density at radius 3 is 2.29 bits per heavy atom. The normalized spacial score (nSPS) is 11.2. The zero-order valence-electron chi connectivity index (χ0n) is 12.7. The van der Waals surface area contributed by atoms with Crippen molar-refractivity contribution in [2.45, 2.75) is 17.1 Å². The maximum Gasteiger partial charge on any atom is 0.225 e. The topological polar surface area (TPSA) is 89.3 Å². The summed E-state index contributed by atoms with van der Waals surface area (Å²) in [5.74, 6) is -0.108. The van der Waals surface area contributed by atoms with Crippen LogP contribution in [0.4, 0.5) is 10.1 Å². The van der Waals surface area contributed by atoms with Crippen molar-refractivity contribution < 1.29 is 17.6 Å². The molecule has 0 saturated carbocycles. The summed E-state index contributed by atoms with van der Waals surface area (Å²) in [6, 6.07) is 12.6. The minimum atomic E-state index is -3.57. The largest absolute Gasteiger partial charge is 0.326 e. The van der Waals surface area contributed by atoms with Crippen LogP contribution >= 0.6 is 11.8 Å². The molecule has 2 rings (SSSR count). The van der Waals surface area contributed by atoms with Crippen LogP contribution in [-0.4, -0.2) is 20.1 Å². The summed E-state index contributed by atoms with van der Waals surface area (Å²) in [5.41, 5.74) is 1.15. The van der Waals surface area contributed by atoms with E-state index in [9.17, 15) is 17.6 Å². The lowest BCUT2D eigenvalue weighted by atomic mass is 10.2. The summed E-state index contributed by atoms with van der Waals surface area (Å²) in [6.07, 6.45) is 0.307. The van der Waals surface area contributed by atoms with Crippen LogP contribution in [0, 0.1) is 5.82 Å². The molecule has 128 valence electrons. The van der Waals surface area contributed by atoms with E-state index in [0.717, 1.165) is 4.90 Å². The van der Waals surface area contributed by atoms with Crippen LogP contribution in [0.3, 0.4) is 0 Å². The molecular formula is C16H17FN2O3S2. The van der Waals surface area contributed by atoms with Gasteiger partial charge in [0.2, 0.25) is 15.9 Å². The van der Waals surface area contributed by atoms with Gasteiger partial charge in [0.15, 0.2) is 0 Å². The molecule has 2 aromatic rings. The van der Waals surface area contributed by atoms with Crippen molar-refractivity contribution in [3.63, 3.8) is 0 Å². The highest BCUT2D eigenvalue weighted by atomic mass is 32.2. The first-order valence-corrected chi connectivity index (χ1v) is 9.79. The molecule has 0 aliphatic rings. The lowest BCUT2D eigenvalue weighted by molar-refractivity contribution is -0.115. The van der Waals surface area contributed by atoms with Gasteiger partial charge in [-0.1, -0.05) is 12.1 Å². The second-order valence-corrected chi connectivity index (χ2v) is 7.89. The van der Waals surface area contributed by atoms with Gasteiger partial charge in [0, 0.05) is 22.8 Å². The fraction of sp³-hybridized carbons (Fsp3) is 0.188. The summed E-state index contributed by atoms with van der Waals surface area (Å²) in [6.45, 7) is 0. The van der Waals surface area contributed by atoms with E-state index in [1.54, 1.807) is 36.4 Å². The standard InChI is InChI=1S/C16H17FN2O3S2/c17-13-3-7-15(8-4-13)23-10-9-16(20)19-14-5-1-12(2-6-14)11-24(18,21)22/h1-8H,9-11H2,(H,19,20)(H2,18,21,22). The van der Waals surface area contributed by atoms with Crippen LogP contribution in [0.15, 0.2) is 53.4 Å². The van der Waals surface area contributed by atoms with E-state index in [1.165, 1.54) is 23.9 Å². The Kier molecular flexibility index (Phi) is 6.36. The number of hydrogen-bond acceptors (Lipinski definition) is 4. The number of halogens is 1. The molecule has 0 aromatic heterocycles. The number of carbonyl (C=O) groups is 1. The highest BCUT2D eigenvalue weighted by molar-refractivity contribution is 7.99. The maximum absolute atomic E-state index is 12.8. The van der Waals surface area contributed by atoms with Crippen molar-refractivity contribution >= 4 is 33.4 Å². The first-order chi connectivity index (χ1) is 11.3. The summed E-state index contributed by atoms with van der Waals surface area (Å²) < 4.78 is 34.8. The number of carbonyl (C=O) groups excluding carboxylic acids is 1. The Morgan fingerprint density at radius 1 is 1.08 bits per heavy atom. The number of nitrogens with one attached hydrogen (secondary N) is 1. The van der Waals surface area contributed by atoms with Gasteiger partial charge >= 0.3 is 0 Å². The second-order valence-electron chi connectivity index (χ2n) is 5.10. The summed E-state index contributed by atoms with van der Waals surface area (Å²) in [5, 5.41) is 7.71. The Bertz CT molecular complexity index is 791. The molecular weight excluding hydrogens is 351 g/mol. The third-order valence-corrected chi connectivity index (χ3v) is 4.77. The Hall–Kier alpha value is -1.90. The van der Waals surface area contributed by atoms with Crippen LogP contribution < -0.4 is 10.5 Å². The van der Waals surface area contributed by atoms with Gasteiger partial charge in [-0.3, -0.25) is 4.79 Å². The van der Waals surface area contributed by atoms with Gasteiger partial charge < -0.3 is 5.32 Å². The summed E-state index contributed by atoms with van der Waals surface area (Å²) in [4.78, 5) is 12.8. The number of primary sulfonamides is 1. The van der Waals surface area contributed by atoms with Crippen LogP contribution in [0.1, 0.15) is 12.0 Å². The average molecular weight is 368 g/mol. The highest BCUT2D eigenvalue weighted by Gasteiger charge is 2.06. The van der Waals surface area contributed by atoms with E-state index < -0.39 is 10.0 Å². The predicted octanol–water partition coefficient (Wildman–Crippen LogP) is 2.74. The minimum Gasteiger partial charge on any atom is -0.326 e. The molecule has 0 atom stereocenters. The molecule has 0 radical (unpaired) electrons. The maximum atomic E-state index is 12.8. The zero-order chi connectivity index (χ0) is 17.6.